The Bertz CT molecular complexity index is 609. The maximum absolute atomic E-state index is 9.70. The molecule has 0 saturated carbocycles. The van der Waals surface area contributed by atoms with Gasteiger partial charge in [-0.3, -0.25) is 0 Å². The van der Waals surface area contributed by atoms with Gasteiger partial charge in [0.1, 0.15) is 5.75 Å². The van der Waals surface area contributed by atoms with Crippen LogP contribution in [0, 0.1) is 0 Å². The third-order valence-corrected chi connectivity index (χ3v) is 4.41. The van der Waals surface area contributed by atoms with Crippen LogP contribution in [0.25, 0.3) is 0 Å². The molecule has 0 saturated heterocycles. The van der Waals surface area contributed by atoms with Gasteiger partial charge in [-0.25, -0.2) is 0 Å². The van der Waals surface area contributed by atoms with E-state index in [1.54, 1.807) is 6.07 Å². The van der Waals surface area contributed by atoms with Gasteiger partial charge in [-0.1, -0.05) is 29.8 Å². The molecular weight excluding hydrogens is 282 g/mol. The number of benzene rings is 2. The molecule has 21 heavy (non-hydrogen) atoms. The molecule has 0 amide bonds. The molecule has 2 N–H and O–H groups in total. The van der Waals surface area contributed by atoms with Gasteiger partial charge >= 0.3 is 0 Å². The molecule has 2 nitrogen and oxygen atoms in total. The van der Waals surface area contributed by atoms with Gasteiger partial charge in [0.15, 0.2) is 0 Å². The fourth-order valence-electron chi connectivity index (χ4n) is 3.04. The van der Waals surface area contributed by atoms with E-state index in [0.29, 0.717) is 11.8 Å². The van der Waals surface area contributed by atoms with Crippen molar-refractivity contribution < 1.29 is 5.11 Å². The van der Waals surface area contributed by atoms with Gasteiger partial charge < -0.3 is 10.4 Å². The van der Waals surface area contributed by atoms with Crippen molar-refractivity contribution in [3.63, 3.8) is 0 Å². The Kier molecular flexibility index (Phi) is 4.47. The third kappa shape index (κ3) is 3.58. The summed E-state index contributed by atoms with van der Waals surface area (Å²) in [5.41, 5.74) is 3.92. The van der Waals surface area contributed by atoms with Crippen molar-refractivity contribution in [3.05, 3.63) is 64.2 Å². The van der Waals surface area contributed by atoms with E-state index >= 15 is 0 Å². The summed E-state index contributed by atoms with van der Waals surface area (Å²) >= 11 is 5.90. The average molecular weight is 302 g/mol. The monoisotopic (exact) mass is 301 g/mol. The molecule has 3 rings (SSSR count). The first kappa shape index (κ1) is 14.4. The molecule has 0 bridgehead atoms. The van der Waals surface area contributed by atoms with E-state index in [4.69, 9.17) is 11.6 Å². The first-order chi connectivity index (χ1) is 10.2. The van der Waals surface area contributed by atoms with Crippen LogP contribution >= 0.6 is 11.6 Å². The van der Waals surface area contributed by atoms with Crippen LogP contribution < -0.4 is 5.32 Å². The lowest BCUT2D eigenvalue weighted by Gasteiger charge is -2.26. The van der Waals surface area contributed by atoms with Crippen LogP contribution in [0.3, 0.4) is 0 Å². The fraction of sp³-hybridized carbons (Fsp3) is 0.333. The summed E-state index contributed by atoms with van der Waals surface area (Å²) < 4.78 is 0. The van der Waals surface area contributed by atoms with Crippen molar-refractivity contribution in [1.82, 2.24) is 5.32 Å². The van der Waals surface area contributed by atoms with Gasteiger partial charge in [-0.05, 0) is 73.2 Å². The standard InChI is InChI=1S/C18H20ClNO/c19-15-7-4-13(5-8-15)10-11-20-18-3-1-2-14-6-9-16(21)12-17(14)18/h4-9,12,18,20-21H,1-3,10-11H2. The molecule has 1 aliphatic carbocycles. The number of fused-ring (bicyclic) bond motifs is 1. The van der Waals surface area contributed by atoms with Crippen molar-refractivity contribution in [3.8, 4) is 5.75 Å². The quantitative estimate of drug-likeness (QED) is 0.884. The molecule has 1 unspecified atom stereocenters. The summed E-state index contributed by atoms with van der Waals surface area (Å²) in [4.78, 5) is 0. The minimum absolute atomic E-state index is 0.355. The topological polar surface area (TPSA) is 32.3 Å². The zero-order valence-corrected chi connectivity index (χ0v) is 12.7. The molecule has 0 aliphatic heterocycles. The molecule has 0 radical (unpaired) electrons. The van der Waals surface area contributed by atoms with E-state index in [-0.39, 0.29) is 0 Å². The second-order valence-corrected chi connectivity index (χ2v) is 6.09. The van der Waals surface area contributed by atoms with Crippen LogP contribution in [-0.2, 0) is 12.8 Å². The largest absolute Gasteiger partial charge is 0.508 e. The fourth-order valence-corrected chi connectivity index (χ4v) is 3.17. The molecule has 2 aromatic rings. The Hall–Kier alpha value is -1.51. The summed E-state index contributed by atoms with van der Waals surface area (Å²) in [7, 11) is 0. The number of halogens is 1. The molecule has 0 fully saturated rings. The summed E-state index contributed by atoms with van der Waals surface area (Å²) in [5.74, 6) is 0.361. The van der Waals surface area contributed by atoms with Gasteiger partial charge in [-0.2, -0.15) is 0 Å². The lowest BCUT2D eigenvalue weighted by atomic mass is 9.87. The van der Waals surface area contributed by atoms with Gasteiger partial charge in [0.2, 0.25) is 0 Å². The minimum Gasteiger partial charge on any atom is -0.508 e. The van der Waals surface area contributed by atoms with Crippen molar-refractivity contribution in [1.29, 1.82) is 0 Å². The Morgan fingerprint density at radius 3 is 2.76 bits per heavy atom. The average Bonchev–Trinajstić information content (AvgIpc) is 2.50. The van der Waals surface area contributed by atoms with E-state index in [2.05, 4.69) is 23.5 Å². The van der Waals surface area contributed by atoms with Gasteiger partial charge in [0.25, 0.3) is 0 Å². The molecule has 3 heteroatoms. The predicted octanol–water partition coefficient (Wildman–Crippen LogP) is 4.26. The van der Waals surface area contributed by atoms with Crippen LogP contribution in [0.4, 0.5) is 0 Å². The number of hydrogen-bond acceptors (Lipinski definition) is 2. The lowest BCUT2D eigenvalue weighted by molar-refractivity contribution is 0.448. The van der Waals surface area contributed by atoms with E-state index in [1.807, 2.05) is 18.2 Å². The third-order valence-electron chi connectivity index (χ3n) is 4.16. The highest BCUT2D eigenvalue weighted by Gasteiger charge is 2.19. The number of nitrogens with one attached hydrogen (secondary N) is 1. The lowest BCUT2D eigenvalue weighted by Crippen LogP contribution is -2.27. The number of aryl methyl sites for hydroxylation is 1. The van der Waals surface area contributed by atoms with Gasteiger partial charge in [0.05, 0.1) is 0 Å². The summed E-state index contributed by atoms with van der Waals surface area (Å²) in [5, 5.41) is 14.1. The van der Waals surface area contributed by atoms with Gasteiger partial charge in [0, 0.05) is 11.1 Å². The van der Waals surface area contributed by atoms with Crippen LogP contribution in [0.2, 0.25) is 5.02 Å². The first-order valence-electron chi connectivity index (χ1n) is 7.52. The van der Waals surface area contributed by atoms with Crippen LogP contribution in [0.15, 0.2) is 42.5 Å². The van der Waals surface area contributed by atoms with Crippen LogP contribution in [0.5, 0.6) is 5.75 Å². The molecule has 2 aromatic carbocycles. The summed E-state index contributed by atoms with van der Waals surface area (Å²) in [6, 6.07) is 14.1. The molecule has 110 valence electrons. The smallest absolute Gasteiger partial charge is 0.115 e. The predicted molar refractivity (Wildman–Crippen MR) is 86.9 cm³/mol. The van der Waals surface area contributed by atoms with Crippen molar-refractivity contribution in [2.45, 2.75) is 31.7 Å². The summed E-state index contributed by atoms with van der Waals surface area (Å²) in [6.45, 7) is 0.932. The highest BCUT2D eigenvalue weighted by Crippen LogP contribution is 2.32. The van der Waals surface area contributed by atoms with E-state index in [9.17, 15) is 5.11 Å². The highest BCUT2D eigenvalue weighted by atomic mass is 35.5. The molecule has 1 aliphatic rings. The normalized spacial score (nSPS) is 17.5. The molecule has 1 atom stereocenters. The maximum Gasteiger partial charge on any atom is 0.115 e. The van der Waals surface area contributed by atoms with Crippen LogP contribution in [0.1, 0.15) is 35.6 Å². The number of aromatic hydroxyl groups is 1. The number of phenols is 1. The number of hydrogen-bond donors (Lipinski definition) is 2. The van der Waals surface area contributed by atoms with E-state index in [0.717, 1.165) is 30.8 Å². The second kappa shape index (κ2) is 6.50. The molecule has 0 aromatic heterocycles. The van der Waals surface area contributed by atoms with E-state index in [1.165, 1.54) is 23.1 Å². The first-order valence-corrected chi connectivity index (χ1v) is 7.90. The maximum atomic E-state index is 9.70. The zero-order valence-electron chi connectivity index (χ0n) is 12.0. The Morgan fingerprint density at radius 2 is 1.95 bits per heavy atom. The van der Waals surface area contributed by atoms with E-state index < -0.39 is 0 Å². The Morgan fingerprint density at radius 1 is 1.14 bits per heavy atom. The highest BCUT2D eigenvalue weighted by molar-refractivity contribution is 6.30. The van der Waals surface area contributed by atoms with Crippen molar-refractivity contribution in [2.24, 2.45) is 0 Å². The Labute approximate surface area is 130 Å². The minimum atomic E-state index is 0.355. The number of phenolic OH excluding ortho intramolecular Hbond substituents is 1. The summed E-state index contributed by atoms with van der Waals surface area (Å²) in [6.07, 6.45) is 4.44. The molecular formula is C18H20ClNO. The molecule has 0 heterocycles. The number of rotatable bonds is 4. The van der Waals surface area contributed by atoms with Crippen molar-refractivity contribution >= 4 is 11.6 Å². The SMILES string of the molecule is Oc1ccc2c(c1)C(NCCc1ccc(Cl)cc1)CCC2. The van der Waals surface area contributed by atoms with Gasteiger partial charge in [-0.15, -0.1) is 0 Å². The van der Waals surface area contributed by atoms with Crippen LogP contribution in [-0.4, -0.2) is 11.7 Å². The van der Waals surface area contributed by atoms with Crippen molar-refractivity contribution in [2.75, 3.05) is 6.54 Å². The second-order valence-electron chi connectivity index (χ2n) is 5.66. The zero-order chi connectivity index (χ0) is 14.7. The Balaban J connectivity index is 1.61. The molecule has 0 spiro atoms.